The highest BCUT2D eigenvalue weighted by molar-refractivity contribution is 5.79. The van der Waals surface area contributed by atoms with Crippen molar-refractivity contribution in [2.24, 2.45) is 5.73 Å². The van der Waals surface area contributed by atoms with Gasteiger partial charge in [-0.3, -0.25) is 4.79 Å². The lowest BCUT2D eigenvalue weighted by molar-refractivity contribution is -0.119. The Balaban J connectivity index is 2.31. The van der Waals surface area contributed by atoms with Crippen LogP contribution in [0.1, 0.15) is 25.3 Å². The van der Waals surface area contributed by atoms with E-state index in [9.17, 15) is 4.79 Å². The molecule has 2 heteroatoms. The highest BCUT2D eigenvalue weighted by atomic mass is 16.1. The lowest BCUT2D eigenvalue weighted by Crippen LogP contribution is -2.19. The van der Waals surface area contributed by atoms with Gasteiger partial charge in [-0.05, 0) is 18.9 Å². The smallest absolute Gasteiger partial charge is 0.134 e. The van der Waals surface area contributed by atoms with Crippen molar-refractivity contribution in [3.05, 3.63) is 35.9 Å². The second-order valence-electron chi connectivity index (χ2n) is 3.71. The standard InChI is InChI=1S/C12H17NO/c1-10(13)9-12(14)8-7-11-5-3-2-4-6-11/h2-6,10H,7-9,13H2,1H3. The summed E-state index contributed by atoms with van der Waals surface area (Å²) in [7, 11) is 0. The monoisotopic (exact) mass is 191 g/mol. The first-order valence-electron chi connectivity index (χ1n) is 4.99. The molecule has 0 heterocycles. The Kier molecular flexibility index (Phi) is 4.33. The number of nitrogens with two attached hydrogens (primary N) is 1. The van der Waals surface area contributed by atoms with Gasteiger partial charge < -0.3 is 5.73 Å². The number of carbonyl (C=O) groups is 1. The number of benzene rings is 1. The fourth-order valence-electron chi connectivity index (χ4n) is 1.39. The topological polar surface area (TPSA) is 43.1 Å². The molecular formula is C12H17NO. The lowest BCUT2D eigenvalue weighted by Gasteiger charge is -2.03. The molecule has 0 amide bonds. The van der Waals surface area contributed by atoms with Crippen molar-refractivity contribution in [2.75, 3.05) is 0 Å². The Hall–Kier alpha value is -1.15. The van der Waals surface area contributed by atoms with Crippen molar-refractivity contribution < 1.29 is 4.79 Å². The zero-order valence-electron chi connectivity index (χ0n) is 8.57. The van der Waals surface area contributed by atoms with Crippen molar-refractivity contribution in [2.45, 2.75) is 32.2 Å². The minimum Gasteiger partial charge on any atom is -0.328 e. The quantitative estimate of drug-likeness (QED) is 0.772. The first-order valence-corrected chi connectivity index (χ1v) is 4.99. The van der Waals surface area contributed by atoms with E-state index in [-0.39, 0.29) is 11.8 Å². The number of hydrogen-bond acceptors (Lipinski definition) is 2. The van der Waals surface area contributed by atoms with E-state index >= 15 is 0 Å². The normalized spacial score (nSPS) is 12.4. The van der Waals surface area contributed by atoms with Gasteiger partial charge >= 0.3 is 0 Å². The molecule has 14 heavy (non-hydrogen) atoms. The molecule has 0 aliphatic rings. The number of rotatable bonds is 5. The zero-order valence-corrected chi connectivity index (χ0v) is 8.57. The van der Waals surface area contributed by atoms with Crippen LogP contribution in [0.2, 0.25) is 0 Å². The molecule has 0 aliphatic carbocycles. The van der Waals surface area contributed by atoms with E-state index in [1.165, 1.54) is 5.56 Å². The van der Waals surface area contributed by atoms with Gasteiger partial charge in [0, 0.05) is 18.9 Å². The second-order valence-corrected chi connectivity index (χ2v) is 3.71. The molecule has 0 radical (unpaired) electrons. The van der Waals surface area contributed by atoms with E-state index in [0.29, 0.717) is 12.8 Å². The van der Waals surface area contributed by atoms with E-state index in [4.69, 9.17) is 5.73 Å². The van der Waals surface area contributed by atoms with E-state index < -0.39 is 0 Å². The van der Waals surface area contributed by atoms with Gasteiger partial charge in [-0.15, -0.1) is 0 Å². The third kappa shape index (κ3) is 4.19. The van der Waals surface area contributed by atoms with Crippen molar-refractivity contribution in [1.29, 1.82) is 0 Å². The fourth-order valence-corrected chi connectivity index (χ4v) is 1.39. The number of hydrogen-bond donors (Lipinski definition) is 1. The van der Waals surface area contributed by atoms with Crippen LogP contribution in [0, 0.1) is 0 Å². The maximum atomic E-state index is 11.3. The first kappa shape index (κ1) is 10.9. The van der Waals surface area contributed by atoms with Crippen LogP contribution in [0.3, 0.4) is 0 Å². The Labute approximate surface area is 85.1 Å². The van der Waals surface area contributed by atoms with E-state index in [1.807, 2.05) is 37.3 Å². The van der Waals surface area contributed by atoms with Gasteiger partial charge in [-0.2, -0.15) is 0 Å². The molecule has 0 fully saturated rings. The summed E-state index contributed by atoms with van der Waals surface area (Å²) < 4.78 is 0. The molecule has 1 aromatic rings. The Morgan fingerprint density at radius 2 is 2.00 bits per heavy atom. The van der Waals surface area contributed by atoms with Crippen LogP contribution in [-0.4, -0.2) is 11.8 Å². The predicted molar refractivity (Wildman–Crippen MR) is 58.0 cm³/mol. The molecule has 1 rings (SSSR count). The Morgan fingerprint density at radius 3 is 2.57 bits per heavy atom. The third-order valence-electron chi connectivity index (χ3n) is 2.08. The molecule has 1 unspecified atom stereocenters. The molecule has 0 aromatic heterocycles. The summed E-state index contributed by atoms with van der Waals surface area (Å²) in [5, 5.41) is 0. The summed E-state index contributed by atoms with van der Waals surface area (Å²) in [4.78, 5) is 11.3. The summed E-state index contributed by atoms with van der Waals surface area (Å²) in [5.41, 5.74) is 6.75. The largest absolute Gasteiger partial charge is 0.328 e. The lowest BCUT2D eigenvalue weighted by atomic mass is 10.0. The number of ketones is 1. The first-order chi connectivity index (χ1) is 6.68. The van der Waals surface area contributed by atoms with Crippen molar-refractivity contribution >= 4 is 5.78 Å². The zero-order chi connectivity index (χ0) is 10.4. The van der Waals surface area contributed by atoms with Crippen LogP contribution >= 0.6 is 0 Å². The summed E-state index contributed by atoms with van der Waals surface area (Å²) >= 11 is 0. The molecule has 2 nitrogen and oxygen atoms in total. The molecule has 2 N–H and O–H groups in total. The van der Waals surface area contributed by atoms with Crippen LogP contribution in [0.15, 0.2) is 30.3 Å². The molecule has 0 spiro atoms. The highest BCUT2D eigenvalue weighted by Crippen LogP contribution is 2.04. The molecule has 0 saturated heterocycles. The summed E-state index contributed by atoms with van der Waals surface area (Å²) in [5.74, 6) is 0.254. The average molecular weight is 191 g/mol. The van der Waals surface area contributed by atoms with Gasteiger partial charge in [-0.1, -0.05) is 30.3 Å². The van der Waals surface area contributed by atoms with Crippen LogP contribution in [-0.2, 0) is 11.2 Å². The number of Topliss-reactive ketones (excluding diaryl/α,β-unsaturated/α-hetero) is 1. The van der Waals surface area contributed by atoms with Crippen molar-refractivity contribution in [1.82, 2.24) is 0 Å². The summed E-state index contributed by atoms with van der Waals surface area (Å²) in [6.45, 7) is 1.86. The van der Waals surface area contributed by atoms with Crippen LogP contribution < -0.4 is 5.73 Å². The van der Waals surface area contributed by atoms with Crippen LogP contribution in [0.5, 0.6) is 0 Å². The van der Waals surface area contributed by atoms with Gasteiger partial charge in [0.1, 0.15) is 5.78 Å². The molecule has 0 saturated carbocycles. The number of carbonyl (C=O) groups excluding carboxylic acids is 1. The van der Waals surface area contributed by atoms with Gasteiger partial charge in [0.15, 0.2) is 0 Å². The van der Waals surface area contributed by atoms with Crippen LogP contribution in [0.4, 0.5) is 0 Å². The third-order valence-corrected chi connectivity index (χ3v) is 2.08. The molecule has 1 aromatic carbocycles. The minimum absolute atomic E-state index is 0.0155. The molecule has 76 valence electrons. The van der Waals surface area contributed by atoms with Crippen LogP contribution in [0.25, 0.3) is 0 Å². The van der Waals surface area contributed by atoms with Gasteiger partial charge in [0.25, 0.3) is 0 Å². The van der Waals surface area contributed by atoms with Gasteiger partial charge in [0.2, 0.25) is 0 Å². The average Bonchev–Trinajstić information content (AvgIpc) is 2.15. The maximum absolute atomic E-state index is 11.3. The summed E-state index contributed by atoms with van der Waals surface area (Å²) in [6, 6.07) is 10.0. The Morgan fingerprint density at radius 1 is 1.36 bits per heavy atom. The van der Waals surface area contributed by atoms with Gasteiger partial charge in [-0.25, -0.2) is 0 Å². The van der Waals surface area contributed by atoms with E-state index in [1.54, 1.807) is 0 Å². The molecular weight excluding hydrogens is 174 g/mol. The fraction of sp³-hybridized carbons (Fsp3) is 0.417. The van der Waals surface area contributed by atoms with Gasteiger partial charge in [0.05, 0.1) is 0 Å². The molecule has 0 bridgehead atoms. The highest BCUT2D eigenvalue weighted by Gasteiger charge is 2.04. The predicted octanol–water partition coefficient (Wildman–Crippen LogP) is 1.93. The SMILES string of the molecule is CC(N)CC(=O)CCc1ccccc1. The number of aryl methyl sites for hydroxylation is 1. The maximum Gasteiger partial charge on any atom is 0.134 e. The Bertz CT molecular complexity index is 280. The minimum atomic E-state index is -0.0155. The molecule has 1 atom stereocenters. The van der Waals surface area contributed by atoms with E-state index in [0.717, 1.165) is 6.42 Å². The van der Waals surface area contributed by atoms with E-state index in [2.05, 4.69) is 0 Å². The van der Waals surface area contributed by atoms with Crippen molar-refractivity contribution in [3.8, 4) is 0 Å². The second kappa shape index (κ2) is 5.55. The summed E-state index contributed by atoms with van der Waals surface area (Å²) in [6.07, 6.45) is 1.92. The molecule has 0 aliphatic heterocycles. The van der Waals surface area contributed by atoms with Crippen molar-refractivity contribution in [3.63, 3.8) is 0 Å².